The largest absolute Gasteiger partial charge is 0.486 e. The van der Waals surface area contributed by atoms with Crippen LogP contribution in [-0.2, 0) is 20.7 Å². The first-order valence-corrected chi connectivity index (χ1v) is 7.54. The maximum atomic E-state index is 11.6. The summed E-state index contributed by atoms with van der Waals surface area (Å²) < 4.78 is 15.9. The molecule has 1 aliphatic carbocycles. The second-order valence-electron chi connectivity index (χ2n) is 5.46. The fourth-order valence-corrected chi connectivity index (χ4v) is 2.21. The second kappa shape index (κ2) is 6.68. The molecule has 1 N–H and O–H groups in total. The van der Waals surface area contributed by atoms with Crippen molar-refractivity contribution >= 4 is 11.9 Å². The van der Waals surface area contributed by atoms with Crippen molar-refractivity contribution in [3.05, 3.63) is 23.8 Å². The summed E-state index contributed by atoms with van der Waals surface area (Å²) in [6.07, 6.45) is 2.44. The van der Waals surface area contributed by atoms with E-state index in [1.165, 1.54) is 0 Å². The van der Waals surface area contributed by atoms with Crippen molar-refractivity contribution in [2.45, 2.75) is 19.3 Å². The maximum Gasteiger partial charge on any atom is 0.309 e. The third kappa shape index (κ3) is 3.90. The number of fused-ring (bicyclic) bond motifs is 1. The van der Waals surface area contributed by atoms with Gasteiger partial charge in [-0.15, -0.1) is 0 Å². The van der Waals surface area contributed by atoms with Crippen LogP contribution in [0.5, 0.6) is 11.5 Å². The number of benzene rings is 1. The van der Waals surface area contributed by atoms with Crippen LogP contribution in [0.3, 0.4) is 0 Å². The number of rotatable bonds is 6. The Kier molecular flexibility index (Phi) is 4.46. The van der Waals surface area contributed by atoms with Crippen molar-refractivity contribution in [3.8, 4) is 11.5 Å². The molecule has 1 saturated carbocycles. The van der Waals surface area contributed by atoms with Gasteiger partial charge in [0.25, 0.3) is 5.91 Å². The lowest BCUT2D eigenvalue weighted by Gasteiger charge is -2.18. The fourth-order valence-electron chi connectivity index (χ4n) is 2.21. The van der Waals surface area contributed by atoms with Crippen molar-refractivity contribution in [1.29, 1.82) is 0 Å². The molecule has 0 spiro atoms. The molecule has 0 saturated heterocycles. The van der Waals surface area contributed by atoms with Crippen molar-refractivity contribution < 1.29 is 23.8 Å². The highest BCUT2D eigenvalue weighted by atomic mass is 16.6. The molecule has 0 bridgehead atoms. The third-order valence-corrected chi connectivity index (χ3v) is 3.60. The molecule has 0 aromatic heterocycles. The molecule has 1 heterocycles. The molecule has 1 fully saturated rings. The van der Waals surface area contributed by atoms with Gasteiger partial charge in [0.05, 0.1) is 5.92 Å². The van der Waals surface area contributed by atoms with E-state index in [9.17, 15) is 9.59 Å². The SMILES string of the molecule is O=C(COC(=O)C1CC1)NCCc1ccc2c(c1)OCCO2. The van der Waals surface area contributed by atoms with E-state index in [2.05, 4.69) is 5.32 Å². The van der Waals surface area contributed by atoms with Crippen LogP contribution in [0.25, 0.3) is 0 Å². The Bertz CT molecular complexity index is 568. The minimum atomic E-state index is -0.272. The second-order valence-corrected chi connectivity index (χ2v) is 5.46. The normalized spacial score (nSPS) is 16.0. The first kappa shape index (κ1) is 14.7. The lowest BCUT2D eigenvalue weighted by Crippen LogP contribution is -2.30. The highest BCUT2D eigenvalue weighted by Gasteiger charge is 2.31. The summed E-state index contributed by atoms with van der Waals surface area (Å²) >= 11 is 0. The van der Waals surface area contributed by atoms with Crippen LogP contribution in [0.1, 0.15) is 18.4 Å². The van der Waals surface area contributed by atoms with Gasteiger partial charge in [-0.05, 0) is 37.0 Å². The summed E-state index contributed by atoms with van der Waals surface area (Å²) in [5.41, 5.74) is 1.06. The molecule has 1 aromatic carbocycles. The highest BCUT2D eigenvalue weighted by molar-refractivity contribution is 5.82. The van der Waals surface area contributed by atoms with Gasteiger partial charge in [-0.3, -0.25) is 9.59 Å². The molecule has 22 heavy (non-hydrogen) atoms. The van der Waals surface area contributed by atoms with Crippen LogP contribution in [0, 0.1) is 5.92 Å². The average molecular weight is 305 g/mol. The van der Waals surface area contributed by atoms with Gasteiger partial charge < -0.3 is 19.5 Å². The van der Waals surface area contributed by atoms with Gasteiger partial charge in [-0.1, -0.05) is 6.07 Å². The fraction of sp³-hybridized carbons (Fsp3) is 0.500. The first-order valence-electron chi connectivity index (χ1n) is 7.54. The Morgan fingerprint density at radius 1 is 1.18 bits per heavy atom. The van der Waals surface area contributed by atoms with E-state index in [0.717, 1.165) is 29.9 Å². The van der Waals surface area contributed by atoms with Gasteiger partial charge in [-0.2, -0.15) is 0 Å². The van der Waals surface area contributed by atoms with Crippen LogP contribution in [0.2, 0.25) is 0 Å². The first-order chi connectivity index (χ1) is 10.7. The predicted octanol–water partition coefficient (Wildman–Crippen LogP) is 1.07. The number of hydrogen-bond donors (Lipinski definition) is 1. The van der Waals surface area contributed by atoms with E-state index in [1.54, 1.807) is 0 Å². The average Bonchev–Trinajstić information content (AvgIpc) is 3.37. The number of carbonyl (C=O) groups is 2. The van der Waals surface area contributed by atoms with Gasteiger partial charge in [0.15, 0.2) is 18.1 Å². The minimum Gasteiger partial charge on any atom is -0.486 e. The van der Waals surface area contributed by atoms with E-state index >= 15 is 0 Å². The number of ether oxygens (including phenoxy) is 3. The standard InChI is InChI=1S/C16H19NO5/c18-15(10-22-16(19)12-2-3-12)17-6-5-11-1-4-13-14(9-11)21-8-7-20-13/h1,4,9,12H,2-3,5-8,10H2,(H,17,18). The zero-order valence-corrected chi connectivity index (χ0v) is 12.3. The van der Waals surface area contributed by atoms with Crippen molar-refractivity contribution in [1.82, 2.24) is 5.32 Å². The Balaban J connectivity index is 1.38. The van der Waals surface area contributed by atoms with Gasteiger partial charge in [0, 0.05) is 6.54 Å². The summed E-state index contributed by atoms with van der Waals surface area (Å²) in [5, 5.41) is 2.74. The van der Waals surface area contributed by atoms with E-state index < -0.39 is 0 Å². The Hall–Kier alpha value is -2.24. The molecule has 0 radical (unpaired) electrons. The van der Waals surface area contributed by atoms with E-state index in [0.29, 0.717) is 26.2 Å². The Labute approximate surface area is 128 Å². The van der Waals surface area contributed by atoms with Crippen LogP contribution >= 0.6 is 0 Å². The zero-order chi connectivity index (χ0) is 15.4. The van der Waals surface area contributed by atoms with Crippen LogP contribution in [-0.4, -0.2) is 38.2 Å². The quantitative estimate of drug-likeness (QED) is 0.796. The van der Waals surface area contributed by atoms with Crippen molar-refractivity contribution in [3.63, 3.8) is 0 Å². The highest BCUT2D eigenvalue weighted by Crippen LogP contribution is 2.31. The molecule has 1 aliphatic heterocycles. The third-order valence-electron chi connectivity index (χ3n) is 3.60. The van der Waals surface area contributed by atoms with E-state index in [1.807, 2.05) is 18.2 Å². The maximum absolute atomic E-state index is 11.6. The molecular weight excluding hydrogens is 286 g/mol. The summed E-state index contributed by atoms with van der Waals surface area (Å²) in [4.78, 5) is 22.9. The minimum absolute atomic E-state index is 0.0190. The number of nitrogens with one attached hydrogen (secondary N) is 1. The van der Waals surface area contributed by atoms with Gasteiger partial charge in [-0.25, -0.2) is 0 Å². The monoisotopic (exact) mass is 305 g/mol. The number of hydrogen-bond acceptors (Lipinski definition) is 5. The number of carbonyl (C=O) groups excluding carboxylic acids is 2. The predicted molar refractivity (Wildman–Crippen MR) is 77.8 cm³/mol. The molecule has 0 unspecified atom stereocenters. The summed E-state index contributed by atoms with van der Waals surface area (Å²) in [6.45, 7) is 1.41. The number of amides is 1. The van der Waals surface area contributed by atoms with Crippen LogP contribution in [0.4, 0.5) is 0 Å². The molecule has 2 aliphatic rings. The molecule has 1 amide bonds. The van der Waals surface area contributed by atoms with Crippen molar-refractivity contribution in [2.24, 2.45) is 5.92 Å². The van der Waals surface area contributed by atoms with Gasteiger partial charge in [0.2, 0.25) is 0 Å². The van der Waals surface area contributed by atoms with Crippen LogP contribution in [0.15, 0.2) is 18.2 Å². The lowest BCUT2D eigenvalue weighted by molar-refractivity contribution is -0.149. The van der Waals surface area contributed by atoms with Gasteiger partial charge >= 0.3 is 5.97 Å². The molecule has 118 valence electrons. The molecule has 1 aromatic rings. The summed E-state index contributed by atoms with van der Waals surface area (Å²) in [7, 11) is 0. The topological polar surface area (TPSA) is 73.9 Å². The summed E-state index contributed by atoms with van der Waals surface area (Å²) in [5.74, 6) is 0.985. The molecule has 3 rings (SSSR count). The lowest BCUT2D eigenvalue weighted by atomic mass is 10.1. The zero-order valence-electron chi connectivity index (χ0n) is 12.3. The number of esters is 1. The molecule has 0 atom stereocenters. The summed E-state index contributed by atoms with van der Waals surface area (Å²) in [6, 6.07) is 5.75. The van der Waals surface area contributed by atoms with E-state index in [4.69, 9.17) is 14.2 Å². The van der Waals surface area contributed by atoms with E-state index in [-0.39, 0.29) is 24.4 Å². The molecule has 6 heteroatoms. The molecule has 6 nitrogen and oxygen atoms in total. The smallest absolute Gasteiger partial charge is 0.309 e. The van der Waals surface area contributed by atoms with Crippen molar-refractivity contribution in [2.75, 3.05) is 26.4 Å². The molecular formula is C16H19NO5. The Morgan fingerprint density at radius 2 is 1.95 bits per heavy atom. The van der Waals surface area contributed by atoms with Crippen LogP contribution < -0.4 is 14.8 Å². The van der Waals surface area contributed by atoms with Gasteiger partial charge in [0.1, 0.15) is 13.2 Å². The Morgan fingerprint density at radius 3 is 2.73 bits per heavy atom.